The molecule has 0 aliphatic heterocycles. The Hall–Kier alpha value is -1.21. The van der Waals surface area contributed by atoms with E-state index >= 15 is 0 Å². The minimum atomic E-state index is -0.670. The molecule has 1 rings (SSSR count). The van der Waals surface area contributed by atoms with E-state index in [0.29, 0.717) is 13.1 Å². The molecule has 0 saturated heterocycles. The Morgan fingerprint density at radius 1 is 1.56 bits per heavy atom. The molecule has 0 radical (unpaired) electrons. The lowest BCUT2D eigenvalue weighted by Gasteiger charge is -2.06. The number of nitro groups is 1. The second-order valence-electron chi connectivity index (χ2n) is 3.17. The lowest BCUT2D eigenvalue weighted by Crippen LogP contribution is -2.21. The molecule has 1 heterocycles. The van der Waals surface area contributed by atoms with Crippen LogP contribution in [-0.4, -0.2) is 22.6 Å². The Labute approximate surface area is 101 Å². The maximum absolute atomic E-state index is 11.4. The summed E-state index contributed by atoms with van der Waals surface area (Å²) in [5.74, 6) is 0. The van der Waals surface area contributed by atoms with Gasteiger partial charge in [0.05, 0.1) is 15.6 Å². The molecule has 0 spiro atoms. The highest BCUT2D eigenvalue weighted by atomic mass is 79.9. The van der Waals surface area contributed by atoms with E-state index in [1.807, 2.05) is 6.92 Å². The van der Waals surface area contributed by atoms with Gasteiger partial charge in [0, 0.05) is 19.3 Å². The first kappa shape index (κ1) is 12.9. The van der Waals surface area contributed by atoms with E-state index in [-0.39, 0.29) is 4.47 Å². The van der Waals surface area contributed by atoms with Crippen LogP contribution in [0.15, 0.2) is 21.7 Å². The molecule has 1 N–H and O–H groups in total. The molecular weight excluding hydrogens is 278 g/mol. The molecule has 0 bridgehead atoms. The number of nitrogens with one attached hydrogen (secondary N) is 1. The lowest BCUT2D eigenvalue weighted by molar-refractivity contribution is -0.386. The van der Waals surface area contributed by atoms with Crippen LogP contribution in [0.1, 0.15) is 6.92 Å². The van der Waals surface area contributed by atoms with Crippen molar-refractivity contribution in [3.8, 4) is 0 Å². The maximum Gasteiger partial charge on any atom is 0.333 e. The van der Waals surface area contributed by atoms with E-state index in [1.165, 1.54) is 6.20 Å². The van der Waals surface area contributed by atoms with Crippen molar-refractivity contribution >= 4 is 21.6 Å². The van der Waals surface area contributed by atoms with Gasteiger partial charge < -0.3 is 9.88 Å². The van der Waals surface area contributed by atoms with Gasteiger partial charge in [-0.3, -0.25) is 14.9 Å². The van der Waals surface area contributed by atoms with Crippen molar-refractivity contribution in [1.82, 2.24) is 9.88 Å². The number of likely N-dealkylation sites (N-methyl/N-ethyl adjacent to an activating group) is 1. The van der Waals surface area contributed by atoms with Crippen molar-refractivity contribution in [3.63, 3.8) is 0 Å². The molecule has 88 valence electrons. The standard InChI is InChI=1S/C9H12BrN3O3/c1-2-11-3-4-12-5-7(10)9(14)8(6-12)13(15)16/h5-6,11H,2-4H2,1H3. The maximum atomic E-state index is 11.4. The van der Waals surface area contributed by atoms with Crippen LogP contribution in [-0.2, 0) is 6.54 Å². The number of aromatic nitrogens is 1. The Balaban J connectivity index is 2.95. The second kappa shape index (κ2) is 5.76. The van der Waals surface area contributed by atoms with Crippen LogP contribution in [0.3, 0.4) is 0 Å². The number of pyridine rings is 1. The Kier molecular flexibility index (Phi) is 4.63. The van der Waals surface area contributed by atoms with Crippen molar-refractivity contribution in [2.24, 2.45) is 0 Å². The van der Waals surface area contributed by atoms with Gasteiger partial charge in [-0.05, 0) is 22.5 Å². The molecule has 0 unspecified atom stereocenters. The van der Waals surface area contributed by atoms with E-state index < -0.39 is 16.0 Å². The SMILES string of the molecule is CCNCCn1cc(Br)c(=O)c([N+](=O)[O-])c1. The number of hydrogen-bond acceptors (Lipinski definition) is 4. The first-order valence-corrected chi connectivity index (χ1v) is 5.60. The third-order valence-electron chi connectivity index (χ3n) is 2.01. The molecule has 0 aliphatic carbocycles. The van der Waals surface area contributed by atoms with Crippen LogP contribution < -0.4 is 10.7 Å². The van der Waals surface area contributed by atoms with Gasteiger partial charge in [0.25, 0.3) is 5.43 Å². The van der Waals surface area contributed by atoms with Gasteiger partial charge in [-0.1, -0.05) is 6.92 Å². The van der Waals surface area contributed by atoms with Gasteiger partial charge in [0.2, 0.25) is 0 Å². The number of halogens is 1. The average molecular weight is 290 g/mol. The first-order chi connectivity index (χ1) is 7.56. The summed E-state index contributed by atoms with van der Waals surface area (Å²) in [7, 11) is 0. The molecule has 1 aromatic rings. The van der Waals surface area contributed by atoms with Gasteiger partial charge in [0.1, 0.15) is 0 Å². The van der Waals surface area contributed by atoms with Gasteiger partial charge >= 0.3 is 5.69 Å². The highest BCUT2D eigenvalue weighted by Crippen LogP contribution is 2.10. The summed E-state index contributed by atoms with van der Waals surface area (Å²) in [5, 5.41) is 13.7. The zero-order chi connectivity index (χ0) is 12.1. The van der Waals surface area contributed by atoms with Crippen LogP contribution >= 0.6 is 15.9 Å². The summed E-state index contributed by atoms with van der Waals surface area (Å²) in [4.78, 5) is 21.3. The van der Waals surface area contributed by atoms with Gasteiger partial charge in [-0.25, -0.2) is 0 Å². The van der Waals surface area contributed by atoms with Crippen molar-refractivity contribution in [1.29, 1.82) is 0 Å². The highest BCUT2D eigenvalue weighted by molar-refractivity contribution is 9.10. The Morgan fingerprint density at radius 2 is 2.25 bits per heavy atom. The van der Waals surface area contributed by atoms with Crippen LogP contribution in [0, 0.1) is 10.1 Å². The lowest BCUT2D eigenvalue weighted by atomic mass is 10.4. The topological polar surface area (TPSA) is 77.2 Å². The number of rotatable bonds is 5. The van der Waals surface area contributed by atoms with Crippen molar-refractivity contribution in [2.45, 2.75) is 13.5 Å². The summed E-state index contributed by atoms with van der Waals surface area (Å²) in [5.41, 5.74) is -1.00. The molecule has 0 aromatic carbocycles. The number of hydrogen-bond donors (Lipinski definition) is 1. The Bertz CT molecular complexity index is 444. The molecule has 1 aromatic heterocycles. The molecule has 0 amide bonds. The van der Waals surface area contributed by atoms with E-state index in [9.17, 15) is 14.9 Å². The van der Waals surface area contributed by atoms with Crippen LogP contribution in [0.2, 0.25) is 0 Å². The monoisotopic (exact) mass is 289 g/mol. The number of nitrogens with zero attached hydrogens (tertiary/aromatic N) is 2. The molecule has 7 heteroatoms. The fourth-order valence-electron chi connectivity index (χ4n) is 1.22. The fraction of sp³-hybridized carbons (Fsp3) is 0.444. The molecule has 0 atom stereocenters. The first-order valence-electron chi connectivity index (χ1n) is 4.81. The largest absolute Gasteiger partial charge is 0.346 e. The van der Waals surface area contributed by atoms with Crippen LogP contribution in [0.4, 0.5) is 5.69 Å². The van der Waals surface area contributed by atoms with E-state index in [0.717, 1.165) is 6.54 Å². The quantitative estimate of drug-likeness (QED) is 0.501. The molecule has 6 nitrogen and oxygen atoms in total. The Morgan fingerprint density at radius 3 is 2.81 bits per heavy atom. The molecule has 0 saturated carbocycles. The molecule has 0 fully saturated rings. The zero-order valence-electron chi connectivity index (χ0n) is 8.77. The molecule has 0 aliphatic rings. The van der Waals surface area contributed by atoms with E-state index in [1.54, 1.807) is 10.8 Å². The van der Waals surface area contributed by atoms with Crippen molar-refractivity contribution in [3.05, 3.63) is 37.2 Å². The summed E-state index contributed by atoms with van der Waals surface area (Å²) in [6, 6.07) is 0. The minimum absolute atomic E-state index is 0.207. The second-order valence-corrected chi connectivity index (χ2v) is 4.02. The van der Waals surface area contributed by atoms with Crippen LogP contribution in [0.25, 0.3) is 0 Å². The summed E-state index contributed by atoms with van der Waals surface area (Å²) < 4.78 is 1.82. The van der Waals surface area contributed by atoms with Gasteiger partial charge in [0.15, 0.2) is 0 Å². The molecular formula is C9H12BrN3O3. The normalized spacial score (nSPS) is 10.4. The predicted octanol–water partition coefficient (Wildman–Crippen LogP) is 1.13. The zero-order valence-corrected chi connectivity index (χ0v) is 10.4. The van der Waals surface area contributed by atoms with Gasteiger partial charge in [-0.2, -0.15) is 0 Å². The van der Waals surface area contributed by atoms with Crippen molar-refractivity contribution in [2.75, 3.05) is 13.1 Å². The van der Waals surface area contributed by atoms with E-state index in [4.69, 9.17) is 0 Å². The fourth-order valence-corrected chi connectivity index (χ4v) is 1.69. The van der Waals surface area contributed by atoms with Gasteiger partial charge in [-0.15, -0.1) is 0 Å². The predicted molar refractivity (Wildman–Crippen MR) is 63.6 cm³/mol. The smallest absolute Gasteiger partial charge is 0.333 e. The molecule has 16 heavy (non-hydrogen) atoms. The third-order valence-corrected chi connectivity index (χ3v) is 2.58. The van der Waals surface area contributed by atoms with Crippen molar-refractivity contribution < 1.29 is 4.92 Å². The average Bonchev–Trinajstić information content (AvgIpc) is 2.23. The summed E-state index contributed by atoms with van der Waals surface area (Å²) in [6.45, 7) is 4.09. The van der Waals surface area contributed by atoms with E-state index in [2.05, 4.69) is 21.2 Å². The van der Waals surface area contributed by atoms with Crippen LogP contribution in [0.5, 0.6) is 0 Å². The summed E-state index contributed by atoms with van der Waals surface area (Å²) >= 11 is 3.02. The highest BCUT2D eigenvalue weighted by Gasteiger charge is 2.15. The summed E-state index contributed by atoms with van der Waals surface area (Å²) in [6.07, 6.45) is 2.80. The minimum Gasteiger partial charge on any atom is -0.346 e. The third kappa shape index (κ3) is 3.14.